The molecule has 1 atom stereocenters. The van der Waals surface area contributed by atoms with E-state index < -0.39 is 18.0 Å². The van der Waals surface area contributed by atoms with Gasteiger partial charge in [0.05, 0.1) is 12.3 Å². The number of carbonyl (C=O) groups is 2. The van der Waals surface area contributed by atoms with Crippen LogP contribution in [0.4, 0.5) is 10.5 Å². The fraction of sp³-hybridized carbons (Fsp3) is 0.385. The second kappa shape index (κ2) is 8.00. The molecule has 1 rings (SSSR count). The molecule has 0 aromatic heterocycles. The molecule has 0 saturated carbocycles. The van der Waals surface area contributed by atoms with Crippen LogP contribution in [0.5, 0.6) is 5.75 Å². The number of benzene rings is 1. The van der Waals surface area contributed by atoms with Gasteiger partial charge in [-0.2, -0.15) is 0 Å². The Bertz CT molecular complexity index is 465. The Morgan fingerprint density at radius 3 is 2.65 bits per heavy atom. The zero-order valence-corrected chi connectivity index (χ0v) is 11.5. The first-order valence-corrected chi connectivity index (χ1v) is 6.12. The van der Waals surface area contributed by atoms with E-state index in [2.05, 4.69) is 5.32 Å². The molecule has 1 aromatic carbocycles. The summed E-state index contributed by atoms with van der Waals surface area (Å²) in [5.41, 5.74) is 5.55. The van der Waals surface area contributed by atoms with Crippen molar-refractivity contribution in [3.05, 3.63) is 24.3 Å². The van der Waals surface area contributed by atoms with E-state index in [9.17, 15) is 9.59 Å². The molecule has 7 heteroatoms. The number of ether oxygens (including phenoxy) is 2. The van der Waals surface area contributed by atoms with Gasteiger partial charge in [0.2, 0.25) is 5.91 Å². The maximum absolute atomic E-state index is 11.6. The molecule has 0 saturated heterocycles. The summed E-state index contributed by atoms with van der Waals surface area (Å²) in [6.45, 7) is 2.48. The summed E-state index contributed by atoms with van der Waals surface area (Å²) >= 11 is 0. The number of anilines is 1. The number of imide groups is 1. The number of hydrogen-bond donors (Lipinski definition) is 3. The number of urea groups is 1. The van der Waals surface area contributed by atoms with E-state index in [-0.39, 0.29) is 0 Å². The highest BCUT2D eigenvalue weighted by molar-refractivity contribution is 5.97. The summed E-state index contributed by atoms with van der Waals surface area (Å²) in [5.74, 6) is 0.0902. The van der Waals surface area contributed by atoms with E-state index in [1.54, 1.807) is 26.2 Å². The number of nitrogens with two attached hydrogens (primary N) is 1. The molecule has 0 fully saturated rings. The SMILES string of the molecule is COCCOc1ccccc1N[C@@H](C)C(=O)NC(N)=O. The molecular weight excluding hydrogens is 262 g/mol. The highest BCUT2D eigenvalue weighted by atomic mass is 16.5. The number of hydrogen-bond acceptors (Lipinski definition) is 5. The second-order valence-electron chi connectivity index (χ2n) is 4.06. The van der Waals surface area contributed by atoms with Gasteiger partial charge < -0.3 is 20.5 Å². The van der Waals surface area contributed by atoms with E-state index >= 15 is 0 Å². The van der Waals surface area contributed by atoms with Gasteiger partial charge in [-0.05, 0) is 19.1 Å². The number of nitrogens with one attached hydrogen (secondary N) is 2. The lowest BCUT2D eigenvalue weighted by Gasteiger charge is -2.17. The Morgan fingerprint density at radius 2 is 2.00 bits per heavy atom. The fourth-order valence-electron chi connectivity index (χ4n) is 1.48. The van der Waals surface area contributed by atoms with Gasteiger partial charge in [0.25, 0.3) is 0 Å². The average molecular weight is 281 g/mol. The van der Waals surface area contributed by atoms with Crippen molar-refractivity contribution in [1.82, 2.24) is 5.32 Å². The third kappa shape index (κ3) is 5.15. The number of rotatable bonds is 7. The van der Waals surface area contributed by atoms with E-state index in [0.717, 1.165) is 0 Å². The highest BCUT2D eigenvalue weighted by Crippen LogP contribution is 2.24. The van der Waals surface area contributed by atoms with Gasteiger partial charge in [-0.15, -0.1) is 0 Å². The minimum Gasteiger partial charge on any atom is -0.489 e. The number of carbonyl (C=O) groups excluding carboxylic acids is 2. The number of amides is 3. The second-order valence-corrected chi connectivity index (χ2v) is 4.06. The fourth-order valence-corrected chi connectivity index (χ4v) is 1.48. The van der Waals surface area contributed by atoms with E-state index in [1.807, 2.05) is 17.4 Å². The molecule has 0 heterocycles. The Morgan fingerprint density at radius 1 is 1.30 bits per heavy atom. The van der Waals surface area contributed by atoms with E-state index in [1.165, 1.54) is 0 Å². The predicted octanol–water partition coefficient (Wildman–Crippen LogP) is 0.707. The zero-order chi connectivity index (χ0) is 15.0. The molecule has 1 aromatic rings. The van der Waals surface area contributed by atoms with Gasteiger partial charge in [-0.3, -0.25) is 10.1 Å². The lowest BCUT2D eigenvalue weighted by Crippen LogP contribution is -2.43. The van der Waals surface area contributed by atoms with Crippen LogP contribution in [-0.4, -0.2) is 38.3 Å². The minimum atomic E-state index is -0.881. The predicted molar refractivity (Wildman–Crippen MR) is 74.6 cm³/mol. The van der Waals surface area contributed by atoms with Gasteiger partial charge in [0, 0.05) is 7.11 Å². The maximum atomic E-state index is 11.6. The van der Waals surface area contributed by atoms with E-state index in [0.29, 0.717) is 24.7 Å². The number of methoxy groups -OCH3 is 1. The largest absolute Gasteiger partial charge is 0.489 e. The normalized spacial score (nSPS) is 11.5. The van der Waals surface area contributed by atoms with Gasteiger partial charge in [0.1, 0.15) is 18.4 Å². The zero-order valence-electron chi connectivity index (χ0n) is 11.5. The van der Waals surface area contributed by atoms with Crippen LogP contribution in [0.25, 0.3) is 0 Å². The molecular formula is C13H19N3O4. The monoisotopic (exact) mass is 281 g/mol. The third-order valence-corrected chi connectivity index (χ3v) is 2.44. The van der Waals surface area contributed by atoms with Crippen LogP contribution in [0.15, 0.2) is 24.3 Å². The molecule has 0 aliphatic carbocycles. The van der Waals surface area contributed by atoms with Crippen molar-refractivity contribution in [3.63, 3.8) is 0 Å². The van der Waals surface area contributed by atoms with Crippen molar-refractivity contribution < 1.29 is 19.1 Å². The summed E-state index contributed by atoms with van der Waals surface area (Å²) in [7, 11) is 1.59. The van der Waals surface area contributed by atoms with Gasteiger partial charge in [-0.25, -0.2) is 4.79 Å². The van der Waals surface area contributed by atoms with Crippen molar-refractivity contribution in [2.24, 2.45) is 5.73 Å². The van der Waals surface area contributed by atoms with Gasteiger partial charge in [-0.1, -0.05) is 12.1 Å². The van der Waals surface area contributed by atoms with Crippen LogP contribution in [0.3, 0.4) is 0 Å². The van der Waals surface area contributed by atoms with Crippen molar-refractivity contribution in [2.75, 3.05) is 25.6 Å². The molecule has 0 aliphatic heterocycles. The number of para-hydroxylation sites is 2. The van der Waals surface area contributed by atoms with Crippen LogP contribution in [0, 0.1) is 0 Å². The first-order valence-electron chi connectivity index (χ1n) is 6.12. The standard InChI is InChI=1S/C13H19N3O4/c1-9(12(17)16-13(14)18)15-10-5-3-4-6-11(10)20-8-7-19-2/h3-6,9,15H,7-8H2,1-2H3,(H3,14,16,17,18)/t9-/m0/s1. The quantitative estimate of drug-likeness (QED) is 0.639. The average Bonchev–Trinajstić information content (AvgIpc) is 2.40. The lowest BCUT2D eigenvalue weighted by molar-refractivity contribution is -0.120. The van der Waals surface area contributed by atoms with Crippen molar-refractivity contribution >= 4 is 17.6 Å². The molecule has 0 bridgehead atoms. The Hall–Kier alpha value is -2.28. The van der Waals surface area contributed by atoms with Crippen LogP contribution >= 0.6 is 0 Å². The first kappa shape index (κ1) is 15.8. The summed E-state index contributed by atoms with van der Waals surface area (Å²) in [4.78, 5) is 22.2. The Labute approximate surface area is 117 Å². The number of primary amides is 1. The molecule has 4 N–H and O–H groups in total. The summed E-state index contributed by atoms with van der Waals surface area (Å²) in [5, 5.41) is 4.97. The van der Waals surface area contributed by atoms with Gasteiger partial charge >= 0.3 is 6.03 Å². The molecule has 7 nitrogen and oxygen atoms in total. The lowest BCUT2D eigenvalue weighted by atomic mass is 10.2. The molecule has 110 valence electrons. The smallest absolute Gasteiger partial charge is 0.318 e. The molecule has 0 unspecified atom stereocenters. The van der Waals surface area contributed by atoms with Crippen LogP contribution < -0.4 is 21.1 Å². The first-order chi connectivity index (χ1) is 9.54. The Kier molecular flexibility index (Phi) is 6.31. The Balaban J connectivity index is 2.66. The summed E-state index contributed by atoms with van der Waals surface area (Å²) in [6.07, 6.45) is 0. The van der Waals surface area contributed by atoms with Crippen LogP contribution in [0.2, 0.25) is 0 Å². The minimum absolute atomic E-state index is 0.400. The topological polar surface area (TPSA) is 103 Å². The van der Waals surface area contributed by atoms with Crippen molar-refractivity contribution in [1.29, 1.82) is 0 Å². The van der Waals surface area contributed by atoms with Crippen molar-refractivity contribution in [3.8, 4) is 5.75 Å². The molecule has 3 amide bonds. The summed E-state index contributed by atoms with van der Waals surface area (Å²) in [6, 6.07) is 5.67. The summed E-state index contributed by atoms with van der Waals surface area (Å²) < 4.78 is 10.4. The van der Waals surface area contributed by atoms with Crippen LogP contribution in [0.1, 0.15) is 6.92 Å². The molecule has 0 aliphatic rings. The maximum Gasteiger partial charge on any atom is 0.318 e. The molecule has 0 spiro atoms. The highest BCUT2D eigenvalue weighted by Gasteiger charge is 2.15. The van der Waals surface area contributed by atoms with Crippen LogP contribution in [-0.2, 0) is 9.53 Å². The third-order valence-electron chi connectivity index (χ3n) is 2.44. The van der Waals surface area contributed by atoms with Crippen molar-refractivity contribution in [2.45, 2.75) is 13.0 Å². The van der Waals surface area contributed by atoms with E-state index in [4.69, 9.17) is 15.2 Å². The molecule has 0 radical (unpaired) electrons. The molecule has 20 heavy (non-hydrogen) atoms. The van der Waals surface area contributed by atoms with Gasteiger partial charge in [0.15, 0.2) is 0 Å².